The van der Waals surface area contributed by atoms with Crippen molar-refractivity contribution < 1.29 is 14.3 Å². The molecule has 0 bridgehead atoms. The Bertz CT molecular complexity index is 442. The van der Waals surface area contributed by atoms with E-state index in [1.54, 1.807) is 14.2 Å². The predicted molar refractivity (Wildman–Crippen MR) is 78.2 cm³/mol. The van der Waals surface area contributed by atoms with E-state index in [0.717, 1.165) is 32.5 Å². The van der Waals surface area contributed by atoms with Crippen molar-refractivity contribution in [2.45, 2.75) is 12.8 Å². The molecule has 1 aliphatic heterocycles. The highest BCUT2D eigenvalue weighted by Gasteiger charge is 2.23. The van der Waals surface area contributed by atoms with E-state index in [4.69, 9.17) is 9.47 Å². The van der Waals surface area contributed by atoms with Crippen LogP contribution in [-0.2, 0) is 4.74 Å². The minimum absolute atomic E-state index is 0.0645. The summed E-state index contributed by atoms with van der Waals surface area (Å²) in [4.78, 5) is 14.1. The molecular formula is C15H22N2O3. The minimum Gasteiger partial charge on any atom is -0.495 e. The lowest BCUT2D eigenvalue weighted by Gasteiger charge is -2.31. The summed E-state index contributed by atoms with van der Waals surface area (Å²) in [7, 11) is 3.32. The van der Waals surface area contributed by atoms with Crippen LogP contribution in [0, 0.1) is 5.92 Å². The zero-order valence-corrected chi connectivity index (χ0v) is 12.1. The fourth-order valence-electron chi connectivity index (χ4n) is 2.48. The predicted octanol–water partition coefficient (Wildman–Crippen LogP) is 2.59. The number of piperidine rings is 1. The van der Waals surface area contributed by atoms with Crippen LogP contribution in [0.2, 0.25) is 0 Å². The first-order valence-electron chi connectivity index (χ1n) is 6.92. The number of anilines is 1. The Hall–Kier alpha value is -1.75. The van der Waals surface area contributed by atoms with Crippen LogP contribution in [0.5, 0.6) is 5.75 Å². The van der Waals surface area contributed by atoms with Gasteiger partial charge in [-0.15, -0.1) is 0 Å². The maximum atomic E-state index is 12.2. The Labute approximate surface area is 119 Å². The van der Waals surface area contributed by atoms with Crippen LogP contribution in [0.25, 0.3) is 0 Å². The number of hydrogen-bond acceptors (Lipinski definition) is 3. The quantitative estimate of drug-likeness (QED) is 0.921. The highest BCUT2D eigenvalue weighted by Crippen LogP contribution is 2.24. The molecule has 1 saturated heterocycles. The van der Waals surface area contributed by atoms with Gasteiger partial charge in [-0.25, -0.2) is 4.79 Å². The van der Waals surface area contributed by atoms with Crippen LogP contribution in [0.4, 0.5) is 10.5 Å². The molecule has 2 amide bonds. The largest absolute Gasteiger partial charge is 0.495 e. The highest BCUT2D eigenvalue weighted by molar-refractivity contribution is 5.91. The van der Waals surface area contributed by atoms with Crippen molar-refractivity contribution in [1.82, 2.24) is 4.90 Å². The number of urea groups is 1. The zero-order chi connectivity index (χ0) is 14.4. The molecule has 0 aliphatic carbocycles. The fourth-order valence-corrected chi connectivity index (χ4v) is 2.48. The van der Waals surface area contributed by atoms with Crippen LogP contribution in [0.15, 0.2) is 24.3 Å². The van der Waals surface area contributed by atoms with E-state index < -0.39 is 0 Å². The summed E-state index contributed by atoms with van der Waals surface area (Å²) in [6, 6.07) is 7.37. The lowest BCUT2D eigenvalue weighted by atomic mass is 9.98. The lowest BCUT2D eigenvalue weighted by molar-refractivity contribution is 0.110. The molecule has 1 heterocycles. The number of ether oxygens (including phenoxy) is 2. The third-order valence-electron chi connectivity index (χ3n) is 3.65. The number of para-hydroxylation sites is 2. The number of nitrogens with zero attached hydrogens (tertiary/aromatic N) is 1. The smallest absolute Gasteiger partial charge is 0.321 e. The fraction of sp³-hybridized carbons (Fsp3) is 0.533. The minimum atomic E-state index is -0.0645. The van der Waals surface area contributed by atoms with Crippen LogP contribution >= 0.6 is 0 Å². The number of likely N-dealkylation sites (tertiary alicyclic amines) is 1. The topological polar surface area (TPSA) is 50.8 Å². The summed E-state index contributed by atoms with van der Waals surface area (Å²) in [5.74, 6) is 1.24. The second-order valence-electron chi connectivity index (χ2n) is 5.02. The Kier molecular flexibility index (Phi) is 5.24. The van der Waals surface area contributed by atoms with Crippen molar-refractivity contribution in [3.05, 3.63) is 24.3 Å². The molecule has 2 rings (SSSR count). The number of nitrogens with one attached hydrogen (secondary N) is 1. The van der Waals surface area contributed by atoms with Crippen molar-refractivity contribution in [2.75, 3.05) is 39.2 Å². The second kappa shape index (κ2) is 7.14. The van der Waals surface area contributed by atoms with Crippen molar-refractivity contribution in [2.24, 2.45) is 5.92 Å². The monoisotopic (exact) mass is 278 g/mol. The molecule has 1 aromatic carbocycles. The van der Waals surface area contributed by atoms with Crippen LogP contribution < -0.4 is 10.1 Å². The highest BCUT2D eigenvalue weighted by atomic mass is 16.5. The van der Waals surface area contributed by atoms with E-state index in [-0.39, 0.29) is 6.03 Å². The van der Waals surface area contributed by atoms with Gasteiger partial charge in [-0.05, 0) is 30.9 Å². The van der Waals surface area contributed by atoms with Gasteiger partial charge >= 0.3 is 6.03 Å². The third kappa shape index (κ3) is 3.63. The van der Waals surface area contributed by atoms with Gasteiger partial charge in [0.15, 0.2) is 0 Å². The molecule has 110 valence electrons. The molecule has 1 aliphatic rings. The second-order valence-corrected chi connectivity index (χ2v) is 5.02. The maximum Gasteiger partial charge on any atom is 0.321 e. The Balaban J connectivity index is 1.89. The number of hydrogen-bond donors (Lipinski definition) is 1. The van der Waals surface area contributed by atoms with E-state index >= 15 is 0 Å². The number of benzene rings is 1. The van der Waals surface area contributed by atoms with E-state index in [2.05, 4.69) is 5.32 Å². The van der Waals surface area contributed by atoms with Gasteiger partial charge in [-0.2, -0.15) is 0 Å². The van der Waals surface area contributed by atoms with Gasteiger partial charge in [0.1, 0.15) is 5.75 Å². The standard InChI is InChI=1S/C15H22N2O3/c1-19-11-12-7-9-17(10-8-12)15(18)16-13-5-3-4-6-14(13)20-2/h3-6,12H,7-11H2,1-2H3,(H,16,18). The lowest BCUT2D eigenvalue weighted by Crippen LogP contribution is -2.41. The van der Waals surface area contributed by atoms with E-state index in [9.17, 15) is 4.79 Å². The average Bonchev–Trinajstić information content (AvgIpc) is 2.49. The molecular weight excluding hydrogens is 256 g/mol. The maximum absolute atomic E-state index is 12.2. The van der Waals surface area contributed by atoms with E-state index in [1.807, 2.05) is 29.2 Å². The number of methoxy groups -OCH3 is 2. The molecule has 1 N–H and O–H groups in total. The normalized spacial score (nSPS) is 16.0. The SMILES string of the molecule is COCC1CCN(C(=O)Nc2ccccc2OC)CC1. The summed E-state index contributed by atoms with van der Waals surface area (Å²) >= 11 is 0. The van der Waals surface area contributed by atoms with Crippen molar-refractivity contribution in [3.63, 3.8) is 0 Å². The zero-order valence-electron chi connectivity index (χ0n) is 12.1. The first-order chi connectivity index (χ1) is 9.74. The molecule has 0 saturated carbocycles. The number of carbonyl (C=O) groups is 1. The van der Waals surface area contributed by atoms with Crippen molar-refractivity contribution >= 4 is 11.7 Å². The Morgan fingerprint density at radius 3 is 2.65 bits per heavy atom. The molecule has 0 spiro atoms. The summed E-state index contributed by atoms with van der Waals surface area (Å²) in [5, 5.41) is 2.91. The summed E-state index contributed by atoms with van der Waals surface area (Å²) in [5.41, 5.74) is 0.707. The molecule has 0 aromatic heterocycles. The summed E-state index contributed by atoms with van der Waals surface area (Å²) in [6.45, 7) is 2.33. The molecule has 0 radical (unpaired) electrons. The van der Waals surface area contributed by atoms with E-state index in [1.165, 1.54) is 0 Å². The molecule has 0 atom stereocenters. The van der Waals surface area contributed by atoms with Gasteiger partial charge in [-0.3, -0.25) is 0 Å². The first kappa shape index (κ1) is 14.7. The van der Waals surface area contributed by atoms with Gasteiger partial charge in [0.25, 0.3) is 0 Å². The first-order valence-corrected chi connectivity index (χ1v) is 6.92. The molecule has 5 nitrogen and oxygen atoms in total. The molecule has 0 unspecified atom stereocenters. The van der Waals surface area contributed by atoms with Gasteiger partial charge in [0.05, 0.1) is 12.8 Å². The van der Waals surface area contributed by atoms with Crippen molar-refractivity contribution in [1.29, 1.82) is 0 Å². The molecule has 1 aromatic rings. The third-order valence-corrected chi connectivity index (χ3v) is 3.65. The molecule has 5 heteroatoms. The van der Waals surface area contributed by atoms with Crippen molar-refractivity contribution in [3.8, 4) is 5.75 Å². The summed E-state index contributed by atoms with van der Waals surface area (Å²) in [6.07, 6.45) is 1.99. The van der Waals surface area contributed by atoms with Crippen LogP contribution in [-0.4, -0.2) is 44.8 Å². The Morgan fingerprint density at radius 2 is 2.00 bits per heavy atom. The average molecular weight is 278 g/mol. The van der Waals surface area contributed by atoms with E-state index in [0.29, 0.717) is 17.4 Å². The molecule has 20 heavy (non-hydrogen) atoms. The van der Waals surface area contributed by atoms with Gasteiger partial charge in [0.2, 0.25) is 0 Å². The Morgan fingerprint density at radius 1 is 1.30 bits per heavy atom. The summed E-state index contributed by atoms with van der Waals surface area (Å²) < 4.78 is 10.4. The number of carbonyl (C=O) groups excluding carboxylic acids is 1. The van der Waals surface area contributed by atoms with Gasteiger partial charge in [-0.1, -0.05) is 12.1 Å². The molecule has 1 fully saturated rings. The van der Waals surface area contributed by atoms with Crippen LogP contribution in [0.3, 0.4) is 0 Å². The van der Waals surface area contributed by atoms with Gasteiger partial charge < -0.3 is 19.7 Å². The van der Waals surface area contributed by atoms with Crippen LogP contribution in [0.1, 0.15) is 12.8 Å². The number of rotatable bonds is 4. The number of amides is 2. The van der Waals surface area contributed by atoms with Gasteiger partial charge in [0, 0.05) is 26.8 Å².